The number of hydrogen-bond donors (Lipinski definition) is 0. The van der Waals surface area contributed by atoms with Crippen molar-refractivity contribution in [3.63, 3.8) is 0 Å². The summed E-state index contributed by atoms with van der Waals surface area (Å²) in [7, 11) is 0. The van der Waals surface area contributed by atoms with Gasteiger partial charge in [-0.25, -0.2) is 14.4 Å². The zero-order valence-corrected chi connectivity index (χ0v) is 20.6. The SMILES string of the molecule is C=CC(=O)OCC.C=CC(=O)OCCCCC(=O)N(CCCOC(=O)C=C)C(C)=O.CC(C)=O. The minimum Gasteiger partial charge on any atom is -0.463 e. The molecule has 34 heavy (non-hydrogen) atoms. The van der Waals surface area contributed by atoms with E-state index < -0.39 is 11.9 Å². The highest BCUT2D eigenvalue weighted by Gasteiger charge is 2.17. The fourth-order valence-electron chi connectivity index (χ4n) is 1.86. The molecule has 0 aliphatic heterocycles. The summed E-state index contributed by atoms with van der Waals surface area (Å²) >= 11 is 0. The van der Waals surface area contributed by atoms with Crippen LogP contribution in [-0.2, 0) is 43.0 Å². The van der Waals surface area contributed by atoms with Crippen LogP contribution < -0.4 is 0 Å². The molecule has 0 radical (unpaired) electrons. The van der Waals surface area contributed by atoms with Crippen LogP contribution in [-0.4, -0.2) is 66.8 Å². The average molecular weight is 484 g/mol. The van der Waals surface area contributed by atoms with Gasteiger partial charge in [-0.1, -0.05) is 19.7 Å². The van der Waals surface area contributed by atoms with Crippen molar-refractivity contribution >= 4 is 35.5 Å². The number of rotatable bonds is 13. The van der Waals surface area contributed by atoms with Crippen molar-refractivity contribution in [1.29, 1.82) is 0 Å². The topological polar surface area (TPSA) is 133 Å². The first-order valence-electron chi connectivity index (χ1n) is 10.6. The average Bonchev–Trinajstić information content (AvgIpc) is 2.78. The van der Waals surface area contributed by atoms with Crippen LogP contribution in [0.2, 0.25) is 0 Å². The Morgan fingerprint density at radius 2 is 1.12 bits per heavy atom. The number of nitrogens with zero attached hydrogens (tertiary/aromatic N) is 1. The van der Waals surface area contributed by atoms with Crippen LogP contribution in [0, 0.1) is 0 Å². The Morgan fingerprint density at radius 3 is 1.47 bits per heavy atom. The lowest BCUT2D eigenvalue weighted by atomic mass is 10.2. The molecule has 0 spiro atoms. The summed E-state index contributed by atoms with van der Waals surface area (Å²) in [6, 6.07) is 0. The van der Waals surface area contributed by atoms with Crippen LogP contribution in [0.5, 0.6) is 0 Å². The number of carbonyl (C=O) groups is 6. The van der Waals surface area contributed by atoms with Gasteiger partial charge in [0.15, 0.2) is 0 Å². The first-order valence-corrected chi connectivity index (χ1v) is 10.6. The molecule has 0 aliphatic rings. The molecule has 0 heterocycles. The normalized spacial score (nSPS) is 8.82. The second kappa shape index (κ2) is 24.1. The number of amides is 2. The van der Waals surface area contributed by atoms with Gasteiger partial charge < -0.3 is 19.0 Å². The van der Waals surface area contributed by atoms with Gasteiger partial charge in [0.25, 0.3) is 0 Å². The van der Waals surface area contributed by atoms with Gasteiger partial charge in [-0.05, 0) is 40.0 Å². The van der Waals surface area contributed by atoms with Gasteiger partial charge >= 0.3 is 17.9 Å². The van der Waals surface area contributed by atoms with Crippen LogP contribution in [0.3, 0.4) is 0 Å². The Kier molecular flexibility index (Phi) is 24.8. The maximum atomic E-state index is 12.0. The molecule has 0 saturated carbocycles. The predicted molar refractivity (Wildman–Crippen MR) is 126 cm³/mol. The minimum absolute atomic E-state index is 0.111. The van der Waals surface area contributed by atoms with Crippen molar-refractivity contribution in [2.24, 2.45) is 0 Å². The zero-order chi connectivity index (χ0) is 26.9. The van der Waals surface area contributed by atoms with Crippen molar-refractivity contribution in [2.75, 3.05) is 26.4 Å². The van der Waals surface area contributed by atoms with Crippen LogP contribution in [0.1, 0.15) is 53.4 Å². The van der Waals surface area contributed by atoms with E-state index in [0.29, 0.717) is 25.9 Å². The van der Waals surface area contributed by atoms with Gasteiger partial charge in [-0.15, -0.1) is 0 Å². The Labute approximate surface area is 201 Å². The first-order chi connectivity index (χ1) is 16.0. The van der Waals surface area contributed by atoms with E-state index in [1.165, 1.54) is 20.8 Å². The molecule has 2 amide bonds. The minimum atomic E-state index is -0.542. The van der Waals surface area contributed by atoms with E-state index in [2.05, 4.69) is 24.5 Å². The number of ketones is 1. The second-order valence-corrected chi connectivity index (χ2v) is 6.48. The largest absolute Gasteiger partial charge is 0.463 e. The number of unbranched alkanes of at least 4 members (excludes halogenated alkanes) is 1. The summed E-state index contributed by atoms with van der Waals surface area (Å²) in [6.07, 6.45) is 4.82. The van der Waals surface area contributed by atoms with Gasteiger partial charge in [0.2, 0.25) is 11.8 Å². The summed E-state index contributed by atoms with van der Waals surface area (Å²) < 4.78 is 14.0. The quantitative estimate of drug-likeness (QED) is 0.168. The molecule has 0 aromatic rings. The fourth-order valence-corrected chi connectivity index (χ4v) is 1.86. The highest BCUT2D eigenvalue weighted by molar-refractivity contribution is 5.94. The molecule has 0 atom stereocenters. The van der Waals surface area contributed by atoms with Gasteiger partial charge in [-0.3, -0.25) is 14.5 Å². The summed E-state index contributed by atoms with van der Waals surface area (Å²) in [5.41, 5.74) is 0. The van der Waals surface area contributed by atoms with Gasteiger partial charge in [-0.2, -0.15) is 0 Å². The van der Waals surface area contributed by atoms with E-state index in [9.17, 15) is 28.8 Å². The third-order valence-corrected chi connectivity index (χ3v) is 3.27. The lowest BCUT2D eigenvalue weighted by Gasteiger charge is -2.19. The molecule has 0 aromatic heterocycles. The molecule has 0 aliphatic carbocycles. The van der Waals surface area contributed by atoms with Crippen molar-refractivity contribution < 1.29 is 43.0 Å². The molecule has 0 rings (SSSR count). The van der Waals surface area contributed by atoms with E-state index in [0.717, 1.165) is 23.1 Å². The number of ether oxygens (including phenoxy) is 3. The summed E-state index contributed by atoms with van der Waals surface area (Å²) in [5.74, 6) is -1.90. The standard InChI is InChI=1S/C16H23NO6.C5H8O2.C3H6O/c1-4-15(20)22-11-7-6-9-14(19)17(13(3)18)10-8-12-23-16(21)5-2;1-3-5(6)7-4-2;1-3(2)4/h4-5H,1-2,6-12H2,3H3;3H,1,4H2,2H3;1-2H3. The first kappa shape index (κ1) is 35.0. The van der Waals surface area contributed by atoms with Crippen LogP contribution in [0.15, 0.2) is 38.0 Å². The van der Waals surface area contributed by atoms with Crippen molar-refractivity contribution in [3.8, 4) is 0 Å². The van der Waals surface area contributed by atoms with Gasteiger partial charge in [0.1, 0.15) is 5.78 Å². The van der Waals surface area contributed by atoms with Crippen LogP contribution in [0.4, 0.5) is 0 Å². The molecule has 10 heteroatoms. The molecule has 10 nitrogen and oxygen atoms in total. The van der Waals surface area contributed by atoms with Gasteiger partial charge in [0, 0.05) is 38.1 Å². The number of Topliss-reactive ketones (excluding diaryl/α,β-unsaturated/α-hetero) is 1. The Balaban J connectivity index is -0.000000720. The summed E-state index contributed by atoms with van der Waals surface area (Å²) in [6.45, 7) is 16.8. The molecular formula is C24H37NO9. The molecular weight excluding hydrogens is 446 g/mol. The fraction of sp³-hybridized carbons (Fsp3) is 0.500. The number of imide groups is 1. The van der Waals surface area contributed by atoms with Crippen molar-refractivity contribution in [3.05, 3.63) is 38.0 Å². The molecule has 0 unspecified atom stereocenters. The molecule has 0 aromatic carbocycles. The second-order valence-electron chi connectivity index (χ2n) is 6.48. The van der Waals surface area contributed by atoms with Crippen molar-refractivity contribution in [2.45, 2.75) is 53.4 Å². The van der Waals surface area contributed by atoms with Crippen molar-refractivity contribution in [1.82, 2.24) is 4.90 Å². The van der Waals surface area contributed by atoms with Gasteiger partial charge in [0.05, 0.1) is 19.8 Å². The third kappa shape index (κ3) is 26.5. The number of hydrogen-bond acceptors (Lipinski definition) is 9. The van der Waals surface area contributed by atoms with E-state index in [4.69, 9.17) is 9.47 Å². The van der Waals surface area contributed by atoms with Crippen LogP contribution in [0.25, 0.3) is 0 Å². The smallest absolute Gasteiger partial charge is 0.330 e. The monoisotopic (exact) mass is 483 g/mol. The van der Waals surface area contributed by atoms with Crippen LogP contribution >= 0.6 is 0 Å². The summed E-state index contributed by atoms with van der Waals surface area (Å²) in [4.78, 5) is 65.8. The van der Waals surface area contributed by atoms with E-state index in [1.54, 1.807) is 6.92 Å². The Hall–Kier alpha value is -3.56. The van der Waals surface area contributed by atoms with E-state index >= 15 is 0 Å². The third-order valence-electron chi connectivity index (χ3n) is 3.27. The maximum Gasteiger partial charge on any atom is 0.330 e. The number of carbonyl (C=O) groups excluding carboxylic acids is 6. The predicted octanol–water partition coefficient (Wildman–Crippen LogP) is 2.71. The Morgan fingerprint density at radius 1 is 0.706 bits per heavy atom. The molecule has 0 fully saturated rings. The zero-order valence-electron chi connectivity index (χ0n) is 20.6. The molecule has 0 saturated heterocycles. The highest BCUT2D eigenvalue weighted by atomic mass is 16.5. The maximum absolute atomic E-state index is 12.0. The summed E-state index contributed by atoms with van der Waals surface area (Å²) in [5, 5.41) is 0. The molecule has 0 bridgehead atoms. The highest BCUT2D eigenvalue weighted by Crippen LogP contribution is 2.04. The lowest BCUT2D eigenvalue weighted by molar-refractivity contribution is -0.144. The van der Waals surface area contributed by atoms with E-state index in [-0.39, 0.29) is 49.7 Å². The molecule has 0 N–H and O–H groups in total. The van der Waals surface area contributed by atoms with E-state index in [1.807, 2.05) is 0 Å². The molecule has 192 valence electrons. The Bertz CT molecular complexity index is 695. The lowest BCUT2D eigenvalue weighted by Crippen LogP contribution is -2.36. The number of esters is 3.